The van der Waals surface area contributed by atoms with Crippen LogP contribution >= 0.6 is 22.6 Å². The van der Waals surface area contributed by atoms with E-state index in [9.17, 15) is 0 Å². The van der Waals surface area contributed by atoms with Gasteiger partial charge >= 0.3 is 0 Å². The zero-order valence-electron chi connectivity index (χ0n) is 11.2. The van der Waals surface area contributed by atoms with Gasteiger partial charge in [0.2, 0.25) is 0 Å². The Kier molecular flexibility index (Phi) is 6.16. The average Bonchev–Trinajstić information content (AvgIpc) is 2.36. The number of nitrogens with zero attached hydrogens (tertiary/aromatic N) is 2. The second kappa shape index (κ2) is 7.13. The first kappa shape index (κ1) is 14.7. The molecule has 1 aromatic heterocycles. The van der Waals surface area contributed by atoms with Crippen molar-refractivity contribution in [3.05, 3.63) is 15.1 Å². The Hall–Kier alpha value is -0.390. The predicted octanol–water partition coefficient (Wildman–Crippen LogP) is 3.81. The molecule has 0 spiro atoms. The predicted molar refractivity (Wildman–Crippen MR) is 81.5 cm³/mol. The van der Waals surface area contributed by atoms with Gasteiger partial charge in [0, 0.05) is 6.04 Å². The van der Waals surface area contributed by atoms with Crippen LogP contribution in [0, 0.1) is 3.70 Å². The Morgan fingerprint density at radius 3 is 2.06 bits per heavy atom. The molecule has 4 heteroatoms. The molecule has 0 aliphatic carbocycles. The number of hydrogen-bond acceptors (Lipinski definition) is 3. The SMILES string of the molecule is CCc1nc(NC(CC)CC)c(CC)nc1I. The van der Waals surface area contributed by atoms with E-state index in [1.54, 1.807) is 0 Å². The third-order valence-corrected chi connectivity index (χ3v) is 3.85. The minimum absolute atomic E-state index is 0.499. The monoisotopic (exact) mass is 347 g/mol. The van der Waals surface area contributed by atoms with Crippen molar-refractivity contribution in [2.45, 2.75) is 59.4 Å². The van der Waals surface area contributed by atoms with Gasteiger partial charge in [0.05, 0.1) is 11.4 Å². The highest BCUT2D eigenvalue weighted by Crippen LogP contribution is 2.18. The van der Waals surface area contributed by atoms with Gasteiger partial charge in [-0.05, 0) is 48.3 Å². The van der Waals surface area contributed by atoms with E-state index in [4.69, 9.17) is 4.98 Å². The van der Waals surface area contributed by atoms with Crippen molar-refractivity contribution >= 4 is 28.4 Å². The minimum atomic E-state index is 0.499. The molecule has 0 saturated carbocycles. The van der Waals surface area contributed by atoms with E-state index < -0.39 is 0 Å². The third kappa shape index (κ3) is 3.79. The highest BCUT2D eigenvalue weighted by molar-refractivity contribution is 14.1. The zero-order valence-corrected chi connectivity index (χ0v) is 13.3. The third-order valence-electron chi connectivity index (χ3n) is 2.99. The maximum atomic E-state index is 4.72. The van der Waals surface area contributed by atoms with E-state index in [0.717, 1.165) is 46.6 Å². The van der Waals surface area contributed by atoms with Crippen molar-refractivity contribution in [1.29, 1.82) is 0 Å². The summed E-state index contributed by atoms with van der Waals surface area (Å²) in [4.78, 5) is 9.36. The van der Waals surface area contributed by atoms with Crippen molar-refractivity contribution in [3.63, 3.8) is 0 Å². The molecule has 0 atom stereocenters. The number of rotatable bonds is 6. The zero-order chi connectivity index (χ0) is 12.8. The van der Waals surface area contributed by atoms with Gasteiger partial charge in [0.15, 0.2) is 0 Å². The van der Waals surface area contributed by atoms with Crippen LogP contribution in [0.2, 0.25) is 0 Å². The van der Waals surface area contributed by atoms with E-state index in [1.807, 2.05) is 0 Å². The standard InChI is InChI=1S/C13H22IN3/c1-5-9(6-2)15-13-11(8-4)16-12(14)10(7-3)17-13/h9H,5-8H2,1-4H3,(H,15,17). The molecule has 0 radical (unpaired) electrons. The van der Waals surface area contributed by atoms with Crippen LogP contribution in [0.15, 0.2) is 0 Å². The molecule has 96 valence electrons. The number of halogens is 1. The minimum Gasteiger partial charge on any atom is -0.366 e. The van der Waals surface area contributed by atoms with E-state index in [2.05, 4.69) is 60.6 Å². The topological polar surface area (TPSA) is 37.8 Å². The number of aryl methyl sites for hydroxylation is 2. The van der Waals surface area contributed by atoms with Crippen molar-refractivity contribution < 1.29 is 0 Å². The summed E-state index contributed by atoms with van der Waals surface area (Å²) in [5.41, 5.74) is 2.18. The molecule has 1 N–H and O–H groups in total. The molecule has 0 aliphatic rings. The summed E-state index contributed by atoms with van der Waals surface area (Å²) in [6.07, 6.45) is 4.10. The summed E-state index contributed by atoms with van der Waals surface area (Å²) < 4.78 is 1.04. The highest BCUT2D eigenvalue weighted by Gasteiger charge is 2.12. The highest BCUT2D eigenvalue weighted by atomic mass is 127. The van der Waals surface area contributed by atoms with Gasteiger partial charge in [0.1, 0.15) is 9.52 Å². The van der Waals surface area contributed by atoms with Crippen LogP contribution in [-0.4, -0.2) is 16.0 Å². The van der Waals surface area contributed by atoms with Crippen LogP contribution in [0.3, 0.4) is 0 Å². The number of aromatic nitrogens is 2. The van der Waals surface area contributed by atoms with Crippen molar-refractivity contribution in [2.24, 2.45) is 0 Å². The lowest BCUT2D eigenvalue weighted by Crippen LogP contribution is -2.20. The largest absolute Gasteiger partial charge is 0.366 e. The van der Waals surface area contributed by atoms with Crippen molar-refractivity contribution in [2.75, 3.05) is 5.32 Å². The molecule has 0 bridgehead atoms. The van der Waals surface area contributed by atoms with Gasteiger partial charge in [-0.2, -0.15) is 0 Å². The van der Waals surface area contributed by atoms with Gasteiger partial charge < -0.3 is 5.32 Å². The molecular weight excluding hydrogens is 325 g/mol. The Morgan fingerprint density at radius 2 is 1.59 bits per heavy atom. The summed E-state index contributed by atoms with van der Waals surface area (Å²) in [5, 5.41) is 3.52. The number of nitrogens with one attached hydrogen (secondary N) is 1. The maximum absolute atomic E-state index is 4.72. The van der Waals surface area contributed by atoms with E-state index >= 15 is 0 Å². The van der Waals surface area contributed by atoms with Crippen LogP contribution in [0.25, 0.3) is 0 Å². The molecule has 0 aliphatic heterocycles. The molecular formula is C13H22IN3. The summed E-state index contributed by atoms with van der Waals surface area (Å²) in [6.45, 7) is 8.66. The van der Waals surface area contributed by atoms with Crippen molar-refractivity contribution in [1.82, 2.24) is 9.97 Å². The molecule has 3 nitrogen and oxygen atoms in total. The molecule has 17 heavy (non-hydrogen) atoms. The molecule has 1 aromatic rings. The van der Waals surface area contributed by atoms with Gasteiger partial charge in [0.25, 0.3) is 0 Å². The fourth-order valence-electron chi connectivity index (χ4n) is 1.75. The Labute approximate surface area is 118 Å². The molecule has 0 unspecified atom stereocenters. The maximum Gasteiger partial charge on any atom is 0.148 e. The Morgan fingerprint density at radius 1 is 1.00 bits per heavy atom. The van der Waals surface area contributed by atoms with Gasteiger partial charge in [-0.25, -0.2) is 9.97 Å². The molecule has 0 fully saturated rings. The van der Waals surface area contributed by atoms with Crippen LogP contribution in [0.1, 0.15) is 51.9 Å². The van der Waals surface area contributed by atoms with Gasteiger partial charge in [-0.15, -0.1) is 0 Å². The average molecular weight is 347 g/mol. The summed E-state index contributed by atoms with van der Waals surface area (Å²) in [6, 6.07) is 0.499. The van der Waals surface area contributed by atoms with Gasteiger partial charge in [-0.1, -0.05) is 27.7 Å². The molecule has 0 saturated heterocycles. The summed E-state index contributed by atoms with van der Waals surface area (Å²) >= 11 is 2.28. The van der Waals surface area contributed by atoms with E-state index in [1.165, 1.54) is 0 Å². The van der Waals surface area contributed by atoms with Crippen LogP contribution < -0.4 is 5.32 Å². The van der Waals surface area contributed by atoms with Crippen LogP contribution in [-0.2, 0) is 12.8 Å². The Balaban J connectivity index is 3.03. The Bertz CT molecular complexity index is 362. The lowest BCUT2D eigenvalue weighted by Gasteiger charge is -2.18. The fraction of sp³-hybridized carbons (Fsp3) is 0.692. The molecule has 0 aromatic carbocycles. The number of anilines is 1. The first-order chi connectivity index (χ1) is 8.15. The second-order valence-electron chi connectivity index (χ2n) is 4.12. The molecule has 0 amide bonds. The molecule has 1 rings (SSSR count). The van der Waals surface area contributed by atoms with Crippen LogP contribution in [0.4, 0.5) is 5.82 Å². The normalized spacial score (nSPS) is 10.9. The van der Waals surface area contributed by atoms with E-state index in [0.29, 0.717) is 6.04 Å². The lowest BCUT2D eigenvalue weighted by molar-refractivity contribution is 0.664. The summed E-state index contributed by atoms with van der Waals surface area (Å²) in [7, 11) is 0. The lowest BCUT2D eigenvalue weighted by atomic mass is 10.1. The van der Waals surface area contributed by atoms with Gasteiger partial charge in [-0.3, -0.25) is 0 Å². The second-order valence-corrected chi connectivity index (χ2v) is 5.14. The summed E-state index contributed by atoms with van der Waals surface area (Å²) in [5.74, 6) is 0.985. The number of hydrogen-bond donors (Lipinski definition) is 1. The fourth-order valence-corrected chi connectivity index (χ4v) is 2.55. The smallest absolute Gasteiger partial charge is 0.148 e. The van der Waals surface area contributed by atoms with Crippen molar-refractivity contribution in [3.8, 4) is 0 Å². The van der Waals surface area contributed by atoms with E-state index in [-0.39, 0.29) is 0 Å². The van der Waals surface area contributed by atoms with Crippen LogP contribution in [0.5, 0.6) is 0 Å². The first-order valence-corrected chi connectivity index (χ1v) is 7.55. The molecule has 1 heterocycles. The quantitative estimate of drug-likeness (QED) is 0.796. The first-order valence-electron chi connectivity index (χ1n) is 6.47.